The molecule has 100 valence electrons. The van der Waals surface area contributed by atoms with Gasteiger partial charge in [-0.15, -0.1) is 11.6 Å². The van der Waals surface area contributed by atoms with Gasteiger partial charge in [-0.25, -0.2) is 4.39 Å². The second-order valence-electron chi connectivity index (χ2n) is 4.34. The van der Waals surface area contributed by atoms with Crippen LogP contribution in [-0.2, 0) is 6.42 Å². The van der Waals surface area contributed by atoms with Crippen molar-refractivity contribution in [1.82, 2.24) is 0 Å². The largest absolute Gasteiger partial charge is 0.496 e. The Bertz CT molecular complexity index is 551. The highest BCUT2D eigenvalue weighted by Gasteiger charge is 2.16. The zero-order valence-electron chi connectivity index (χ0n) is 11.0. The number of hydrogen-bond donors (Lipinski definition) is 0. The van der Waals surface area contributed by atoms with Gasteiger partial charge in [0.05, 0.1) is 12.5 Å². The van der Waals surface area contributed by atoms with Crippen molar-refractivity contribution in [2.24, 2.45) is 0 Å². The van der Waals surface area contributed by atoms with E-state index in [9.17, 15) is 4.39 Å². The Labute approximate surface area is 118 Å². The Morgan fingerprint density at radius 2 is 1.84 bits per heavy atom. The van der Waals surface area contributed by atoms with Crippen molar-refractivity contribution in [2.45, 2.75) is 18.7 Å². The molecular formula is C16H16ClFO. The van der Waals surface area contributed by atoms with Crippen LogP contribution in [0, 0.1) is 5.82 Å². The maximum atomic E-state index is 13.4. The molecule has 2 rings (SSSR count). The van der Waals surface area contributed by atoms with Crippen LogP contribution in [0.1, 0.15) is 29.0 Å². The second kappa shape index (κ2) is 6.07. The van der Waals surface area contributed by atoms with E-state index in [1.54, 1.807) is 13.2 Å². The summed E-state index contributed by atoms with van der Waals surface area (Å²) in [5, 5.41) is -0.420. The summed E-state index contributed by atoms with van der Waals surface area (Å²) >= 11 is 6.44. The molecule has 0 fully saturated rings. The monoisotopic (exact) mass is 278 g/mol. The molecule has 0 N–H and O–H groups in total. The van der Waals surface area contributed by atoms with Crippen LogP contribution in [0.4, 0.5) is 4.39 Å². The van der Waals surface area contributed by atoms with Gasteiger partial charge in [0.2, 0.25) is 0 Å². The van der Waals surface area contributed by atoms with E-state index in [1.165, 1.54) is 17.7 Å². The fourth-order valence-electron chi connectivity index (χ4n) is 2.01. The lowest BCUT2D eigenvalue weighted by Crippen LogP contribution is -1.98. The molecule has 0 radical (unpaired) electrons. The second-order valence-corrected chi connectivity index (χ2v) is 4.78. The van der Waals surface area contributed by atoms with Crippen LogP contribution in [0.2, 0.25) is 0 Å². The van der Waals surface area contributed by atoms with Gasteiger partial charge >= 0.3 is 0 Å². The van der Waals surface area contributed by atoms with Crippen LogP contribution in [0.5, 0.6) is 5.75 Å². The maximum absolute atomic E-state index is 13.4. The first-order chi connectivity index (χ1) is 9.15. The fraction of sp³-hybridized carbons (Fsp3) is 0.250. The van der Waals surface area contributed by atoms with Crippen molar-refractivity contribution < 1.29 is 9.13 Å². The van der Waals surface area contributed by atoms with Crippen molar-refractivity contribution in [3.63, 3.8) is 0 Å². The number of rotatable bonds is 4. The third-order valence-corrected chi connectivity index (χ3v) is 3.63. The lowest BCUT2D eigenvalue weighted by Gasteiger charge is -2.15. The summed E-state index contributed by atoms with van der Waals surface area (Å²) in [6.07, 6.45) is 0.983. The lowest BCUT2D eigenvalue weighted by molar-refractivity contribution is 0.409. The molecule has 3 heteroatoms. The zero-order valence-corrected chi connectivity index (χ0v) is 11.7. The molecule has 0 aliphatic heterocycles. The first-order valence-corrected chi connectivity index (χ1v) is 6.65. The molecular weight excluding hydrogens is 263 g/mol. The Kier molecular flexibility index (Phi) is 4.43. The molecule has 2 aromatic carbocycles. The summed E-state index contributed by atoms with van der Waals surface area (Å²) in [5.41, 5.74) is 2.83. The van der Waals surface area contributed by atoms with Crippen molar-refractivity contribution in [1.29, 1.82) is 0 Å². The van der Waals surface area contributed by atoms with E-state index in [1.807, 2.05) is 24.3 Å². The van der Waals surface area contributed by atoms with E-state index in [0.717, 1.165) is 12.0 Å². The van der Waals surface area contributed by atoms with Gasteiger partial charge in [0.25, 0.3) is 0 Å². The quantitative estimate of drug-likeness (QED) is 0.735. The number of benzene rings is 2. The van der Waals surface area contributed by atoms with Crippen LogP contribution in [-0.4, -0.2) is 7.11 Å². The van der Waals surface area contributed by atoms with E-state index >= 15 is 0 Å². The first kappa shape index (κ1) is 13.9. The minimum atomic E-state index is -0.420. The molecule has 0 bridgehead atoms. The summed E-state index contributed by atoms with van der Waals surface area (Å²) in [5.74, 6) is 0.285. The average molecular weight is 279 g/mol. The van der Waals surface area contributed by atoms with E-state index in [0.29, 0.717) is 11.3 Å². The first-order valence-electron chi connectivity index (χ1n) is 6.22. The van der Waals surface area contributed by atoms with E-state index in [4.69, 9.17) is 16.3 Å². The molecule has 0 saturated carbocycles. The minimum absolute atomic E-state index is 0.313. The molecule has 2 aromatic rings. The molecule has 19 heavy (non-hydrogen) atoms. The molecule has 0 aliphatic carbocycles. The molecule has 0 aromatic heterocycles. The van der Waals surface area contributed by atoms with Gasteiger partial charge in [-0.3, -0.25) is 0 Å². The van der Waals surface area contributed by atoms with Gasteiger partial charge in [-0.1, -0.05) is 31.2 Å². The molecule has 0 saturated heterocycles. The SMILES string of the molecule is CCc1ccc(C(Cl)c2cc(F)ccc2OC)cc1. The van der Waals surface area contributed by atoms with E-state index in [-0.39, 0.29) is 5.82 Å². The number of hydrogen-bond acceptors (Lipinski definition) is 1. The lowest BCUT2D eigenvalue weighted by atomic mass is 10.0. The predicted octanol–water partition coefficient (Wildman–Crippen LogP) is 4.72. The van der Waals surface area contributed by atoms with Crippen LogP contribution < -0.4 is 4.74 Å². The standard InChI is InChI=1S/C16H16ClFO/c1-3-11-4-6-12(7-5-11)16(17)14-10-13(18)8-9-15(14)19-2/h4-10,16H,3H2,1-2H3. The highest BCUT2D eigenvalue weighted by atomic mass is 35.5. The van der Waals surface area contributed by atoms with Gasteiger partial charge in [-0.2, -0.15) is 0 Å². The van der Waals surface area contributed by atoms with E-state index < -0.39 is 5.38 Å². The smallest absolute Gasteiger partial charge is 0.124 e. The number of methoxy groups -OCH3 is 1. The Hall–Kier alpha value is -1.54. The molecule has 0 spiro atoms. The zero-order chi connectivity index (χ0) is 13.8. The number of halogens is 2. The number of alkyl halides is 1. The summed E-state index contributed by atoms with van der Waals surface area (Å²) in [4.78, 5) is 0. The van der Waals surface area contributed by atoms with Crippen LogP contribution in [0.3, 0.4) is 0 Å². The summed E-state index contributed by atoms with van der Waals surface area (Å²) in [7, 11) is 1.56. The number of ether oxygens (including phenoxy) is 1. The van der Waals surface area contributed by atoms with Crippen LogP contribution in [0.15, 0.2) is 42.5 Å². The fourth-order valence-corrected chi connectivity index (χ4v) is 2.32. The topological polar surface area (TPSA) is 9.23 Å². The van der Waals surface area contributed by atoms with Crippen molar-refractivity contribution in [2.75, 3.05) is 7.11 Å². The van der Waals surface area contributed by atoms with Crippen molar-refractivity contribution >= 4 is 11.6 Å². The molecule has 0 amide bonds. The molecule has 1 nitrogen and oxygen atoms in total. The summed E-state index contributed by atoms with van der Waals surface area (Å²) < 4.78 is 18.6. The normalized spacial score (nSPS) is 12.2. The average Bonchev–Trinajstić information content (AvgIpc) is 2.46. The van der Waals surface area contributed by atoms with Gasteiger partial charge in [0.1, 0.15) is 11.6 Å². The Morgan fingerprint density at radius 1 is 1.16 bits per heavy atom. The van der Waals surface area contributed by atoms with Gasteiger partial charge in [0, 0.05) is 5.56 Å². The molecule has 1 atom stereocenters. The van der Waals surface area contributed by atoms with Crippen molar-refractivity contribution in [3.8, 4) is 5.75 Å². The Balaban J connectivity index is 2.36. The van der Waals surface area contributed by atoms with Gasteiger partial charge < -0.3 is 4.74 Å². The summed E-state index contributed by atoms with van der Waals surface area (Å²) in [6.45, 7) is 2.10. The van der Waals surface area contributed by atoms with Gasteiger partial charge in [0.15, 0.2) is 0 Å². The molecule has 0 heterocycles. The van der Waals surface area contributed by atoms with Crippen molar-refractivity contribution in [3.05, 3.63) is 65.0 Å². The van der Waals surface area contributed by atoms with E-state index in [2.05, 4.69) is 6.92 Å². The minimum Gasteiger partial charge on any atom is -0.496 e. The highest BCUT2D eigenvalue weighted by molar-refractivity contribution is 6.22. The predicted molar refractivity (Wildman–Crippen MR) is 76.5 cm³/mol. The highest BCUT2D eigenvalue weighted by Crippen LogP contribution is 2.35. The van der Waals surface area contributed by atoms with Crippen LogP contribution in [0.25, 0.3) is 0 Å². The molecule has 0 aliphatic rings. The Morgan fingerprint density at radius 3 is 2.42 bits per heavy atom. The third kappa shape index (κ3) is 3.07. The number of aryl methyl sites for hydroxylation is 1. The maximum Gasteiger partial charge on any atom is 0.124 e. The third-order valence-electron chi connectivity index (χ3n) is 3.15. The molecule has 1 unspecified atom stereocenters. The summed E-state index contributed by atoms with van der Waals surface area (Å²) in [6, 6.07) is 12.4. The van der Waals surface area contributed by atoms with Gasteiger partial charge in [-0.05, 0) is 35.7 Å². The van der Waals surface area contributed by atoms with Crippen LogP contribution >= 0.6 is 11.6 Å².